The topological polar surface area (TPSA) is 61.9 Å². The van der Waals surface area contributed by atoms with Gasteiger partial charge in [-0.1, -0.05) is 39.8 Å². The fraction of sp³-hybridized carbons (Fsp3) is 0.600. The number of carbonyl (C=O) groups is 2. The lowest BCUT2D eigenvalue weighted by atomic mass is 10.0. The van der Waals surface area contributed by atoms with Gasteiger partial charge in [-0.25, -0.2) is 4.79 Å². The van der Waals surface area contributed by atoms with Crippen LogP contribution in [-0.4, -0.2) is 61.1 Å². The summed E-state index contributed by atoms with van der Waals surface area (Å²) in [4.78, 5) is 28.0. The number of piperazine rings is 1. The van der Waals surface area contributed by atoms with E-state index in [9.17, 15) is 9.59 Å². The summed E-state index contributed by atoms with van der Waals surface area (Å²) >= 11 is 0. The van der Waals surface area contributed by atoms with E-state index < -0.39 is 0 Å². The molecular weight excluding hydrogens is 330 g/mol. The molecule has 1 aliphatic rings. The average molecular weight is 361 g/mol. The smallest absolute Gasteiger partial charge is 0.409 e. The molecule has 6 heteroatoms. The van der Waals surface area contributed by atoms with E-state index in [1.165, 1.54) is 5.56 Å². The van der Waals surface area contributed by atoms with E-state index >= 15 is 0 Å². The molecule has 1 aromatic carbocycles. The van der Waals surface area contributed by atoms with Crippen molar-refractivity contribution in [1.82, 2.24) is 9.80 Å². The monoisotopic (exact) mass is 361 g/mol. The molecular formula is C20H31N3O3. The average Bonchev–Trinajstić information content (AvgIpc) is 2.60. The zero-order valence-electron chi connectivity index (χ0n) is 16.3. The van der Waals surface area contributed by atoms with Crippen LogP contribution in [0.2, 0.25) is 0 Å². The molecule has 6 nitrogen and oxygen atoms in total. The molecule has 2 amide bonds. The molecule has 0 spiro atoms. The predicted molar refractivity (Wildman–Crippen MR) is 103 cm³/mol. The van der Waals surface area contributed by atoms with E-state index in [1.54, 1.807) is 4.90 Å². The fourth-order valence-corrected chi connectivity index (χ4v) is 2.77. The molecule has 0 aliphatic carbocycles. The number of carbonyl (C=O) groups excluding carboxylic acids is 2. The minimum atomic E-state index is -0.256. The molecule has 1 N–H and O–H groups in total. The van der Waals surface area contributed by atoms with E-state index in [4.69, 9.17) is 4.74 Å². The van der Waals surface area contributed by atoms with Crippen LogP contribution < -0.4 is 5.32 Å². The van der Waals surface area contributed by atoms with Crippen molar-refractivity contribution in [2.45, 2.75) is 33.6 Å². The zero-order chi connectivity index (χ0) is 19.1. The second kappa shape index (κ2) is 9.57. The Kier molecular flexibility index (Phi) is 7.45. The second-order valence-electron chi connectivity index (χ2n) is 7.56. The first-order chi connectivity index (χ1) is 12.3. The summed E-state index contributed by atoms with van der Waals surface area (Å²) in [7, 11) is 0. The largest absolute Gasteiger partial charge is 0.449 e. The molecule has 0 bridgehead atoms. The normalized spacial score (nSPS) is 15.4. The van der Waals surface area contributed by atoms with E-state index in [0.717, 1.165) is 5.69 Å². The van der Waals surface area contributed by atoms with E-state index in [2.05, 4.69) is 24.1 Å². The Morgan fingerprint density at radius 2 is 1.65 bits per heavy atom. The lowest BCUT2D eigenvalue weighted by Gasteiger charge is -2.33. The molecule has 0 saturated carbocycles. The summed E-state index contributed by atoms with van der Waals surface area (Å²) in [6.45, 7) is 11.6. The Labute approximate surface area is 156 Å². The van der Waals surface area contributed by atoms with Crippen LogP contribution in [0.3, 0.4) is 0 Å². The van der Waals surface area contributed by atoms with E-state index in [1.807, 2.05) is 38.1 Å². The molecule has 0 unspecified atom stereocenters. The molecule has 1 fully saturated rings. The minimum absolute atomic E-state index is 0.0295. The second-order valence-corrected chi connectivity index (χ2v) is 7.56. The fourth-order valence-electron chi connectivity index (χ4n) is 2.77. The Bertz CT molecular complexity index is 591. The molecule has 0 aromatic heterocycles. The summed E-state index contributed by atoms with van der Waals surface area (Å²) in [5.41, 5.74) is 2.07. The van der Waals surface area contributed by atoms with Crippen LogP contribution >= 0.6 is 0 Å². The summed E-state index contributed by atoms with van der Waals surface area (Å²) in [5, 5.41) is 2.94. The van der Waals surface area contributed by atoms with Gasteiger partial charge in [-0.3, -0.25) is 9.69 Å². The van der Waals surface area contributed by atoms with Crippen molar-refractivity contribution in [3.05, 3.63) is 29.8 Å². The van der Waals surface area contributed by atoms with Gasteiger partial charge in [-0.05, 0) is 29.5 Å². The molecule has 0 atom stereocenters. The number of ether oxygens (including phenoxy) is 1. The third-order valence-electron chi connectivity index (χ3n) is 4.40. The third kappa shape index (κ3) is 6.33. The molecule has 26 heavy (non-hydrogen) atoms. The number of benzene rings is 1. The summed E-state index contributed by atoms with van der Waals surface area (Å²) in [6.07, 6.45) is -0.256. The Hall–Kier alpha value is -2.08. The van der Waals surface area contributed by atoms with Crippen LogP contribution in [0, 0.1) is 5.92 Å². The lowest BCUT2D eigenvalue weighted by molar-refractivity contribution is -0.117. The highest BCUT2D eigenvalue weighted by atomic mass is 16.6. The number of nitrogens with zero attached hydrogens (tertiary/aromatic N) is 2. The van der Waals surface area contributed by atoms with Gasteiger partial charge >= 0.3 is 6.09 Å². The first-order valence-electron chi connectivity index (χ1n) is 9.39. The number of amides is 2. The van der Waals surface area contributed by atoms with Gasteiger partial charge in [0.2, 0.25) is 5.91 Å². The van der Waals surface area contributed by atoms with Gasteiger partial charge in [0.05, 0.1) is 13.2 Å². The lowest BCUT2D eigenvalue weighted by Crippen LogP contribution is -2.50. The van der Waals surface area contributed by atoms with Crippen molar-refractivity contribution in [3.63, 3.8) is 0 Å². The summed E-state index contributed by atoms with van der Waals surface area (Å²) < 4.78 is 5.25. The van der Waals surface area contributed by atoms with Gasteiger partial charge in [0.25, 0.3) is 0 Å². The van der Waals surface area contributed by atoms with Crippen LogP contribution in [-0.2, 0) is 9.53 Å². The van der Waals surface area contributed by atoms with E-state index in [-0.39, 0.29) is 12.0 Å². The molecule has 1 aromatic rings. The molecule has 1 saturated heterocycles. The summed E-state index contributed by atoms with van der Waals surface area (Å²) in [5.74, 6) is 0.778. The first kappa shape index (κ1) is 20.2. The third-order valence-corrected chi connectivity index (χ3v) is 4.40. The molecule has 1 aliphatic heterocycles. The minimum Gasteiger partial charge on any atom is -0.449 e. The number of hydrogen-bond acceptors (Lipinski definition) is 4. The van der Waals surface area contributed by atoms with Gasteiger partial charge in [0, 0.05) is 31.9 Å². The van der Waals surface area contributed by atoms with Crippen molar-refractivity contribution in [3.8, 4) is 0 Å². The Morgan fingerprint density at radius 1 is 1.04 bits per heavy atom. The Balaban J connectivity index is 1.73. The van der Waals surface area contributed by atoms with E-state index in [0.29, 0.717) is 51.2 Å². The molecule has 1 heterocycles. The maximum absolute atomic E-state index is 12.2. The van der Waals surface area contributed by atoms with Crippen molar-refractivity contribution in [2.24, 2.45) is 5.92 Å². The van der Waals surface area contributed by atoms with Gasteiger partial charge in [0.1, 0.15) is 0 Å². The summed E-state index contributed by atoms with van der Waals surface area (Å²) in [6, 6.07) is 7.97. The number of anilines is 1. The van der Waals surface area contributed by atoms with Crippen LogP contribution in [0.25, 0.3) is 0 Å². The van der Waals surface area contributed by atoms with Gasteiger partial charge < -0.3 is 15.0 Å². The standard InChI is InChI=1S/C20H31N3O3/c1-15(2)14-26-20(25)23-11-9-22(10-12-23)13-19(24)21-18-7-5-17(6-8-18)16(3)4/h5-8,15-16H,9-14H2,1-4H3,(H,21,24). The SMILES string of the molecule is CC(C)COC(=O)N1CCN(CC(=O)Nc2ccc(C(C)C)cc2)CC1. The highest BCUT2D eigenvalue weighted by Crippen LogP contribution is 2.17. The van der Waals surface area contributed by atoms with Crippen LogP contribution in [0.4, 0.5) is 10.5 Å². The number of rotatable bonds is 6. The maximum Gasteiger partial charge on any atom is 0.409 e. The molecule has 0 radical (unpaired) electrons. The van der Waals surface area contributed by atoms with Crippen molar-refractivity contribution >= 4 is 17.7 Å². The first-order valence-corrected chi connectivity index (χ1v) is 9.39. The highest BCUT2D eigenvalue weighted by Gasteiger charge is 2.23. The van der Waals surface area contributed by atoms with Crippen LogP contribution in [0.1, 0.15) is 39.2 Å². The molecule has 144 valence electrons. The van der Waals surface area contributed by atoms with Crippen LogP contribution in [0.15, 0.2) is 24.3 Å². The number of hydrogen-bond donors (Lipinski definition) is 1. The zero-order valence-corrected chi connectivity index (χ0v) is 16.3. The maximum atomic E-state index is 12.2. The Morgan fingerprint density at radius 3 is 2.19 bits per heavy atom. The van der Waals surface area contributed by atoms with Crippen LogP contribution in [0.5, 0.6) is 0 Å². The van der Waals surface area contributed by atoms with Crippen molar-refractivity contribution in [1.29, 1.82) is 0 Å². The predicted octanol–water partition coefficient (Wildman–Crippen LogP) is 3.16. The van der Waals surface area contributed by atoms with Crippen molar-refractivity contribution < 1.29 is 14.3 Å². The molecule has 2 rings (SSSR count). The number of nitrogens with one attached hydrogen (secondary N) is 1. The van der Waals surface area contributed by atoms with Gasteiger partial charge in [0.15, 0.2) is 0 Å². The van der Waals surface area contributed by atoms with Gasteiger partial charge in [-0.2, -0.15) is 0 Å². The van der Waals surface area contributed by atoms with Gasteiger partial charge in [-0.15, -0.1) is 0 Å². The highest BCUT2D eigenvalue weighted by molar-refractivity contribution is 5.92. The quantitative estimate of drug-likeness (QED) is 0.845. The van der Waals surface area contributed by atoms with Crippen molar-refractivity contribution in [2.75, 3.05) is 44.6 Å².